The molecule has 4 rings (SSSR count). The highest BCUT2D eigenvalue weighted by Gasteiger charge is 2.24. The van der Waals surface area contributed by atoms with E-state index in [1.165, 1.54) is 21.6 Å². The molecule has 2 aliphatic heterocycles. The largest absolute Gasteiger partial charge is 0.493 e. The van der Waals surface area contributed by atoms with Crippen molar-refractivity contribution in [3.8, 4) is 11.5 Å². The van der Waals surface area contributed by atoms with Crippen LogP contribution in [0, 0.1) is 13.8 Å². The zero-order valence-electron chi connectivity index (χ0n) is 16.8. The van der Waals surface area contributed by atoms with Crippen LogP contribution in [0.1, 0.15) is 22.3 Å². The Hall–Kier alpha value is -2.53. The average molecular weight is 381 g/mol. The predicted octanol–water partition coefficient (Wildman–Crippen LogP) is 1.54. The second kappa shape index (κ2) is 8.23. The number of nitrogens with zero attached hydrogens (tertiary/aromatic N) is 1. The van der Waals surface area contributed by atoms with Gasteiger partial charge < -0.3 is 19.3 Å². The molecule has 1 saturated heterocycles. The van der Waals surface area contributed by atoms with Gasteiger partial charge in [0, 0.05) is 12.0 Å². The van der Waals surface area contributed by atoms with E-state index >= 15 is 0 Å². The molecule has 148 valence electrons. The fourth-order valence-electron chi connectivity index (χ4n) is 4.00. The minimum Gasteiger partial charge on any atom is -0.493 e. The number of fused-ring (bicyclic) bond motifs is 1. The molecule has 0 radical (unpaired) electrons. The quantitative estimate of drug-likeness (QED) is 0.855. The lowest BCUT2D eigenvalue weighted by atomic mass is 10.1. The molecule has 1 fully saturated rings. The van der Waals surface area contributed by atoms with E-state index in [-0.39, 0.29) is 12.5 Å². The summed E-state index contributed by atoms with van der Waals surface area (Å²) in [6, 6.07) is 12.5. The highest BCUT2D eigenvalue weighted by Crippen LogP contribution is 2.25. The molecule has 2 aromatic carbocycles. The van der Waals surface area contributed by atoms with Crippen molar-refractivity contribution >= 4 is 5.91 Å². The lowest BCUT2D eigenvalue weighted by molar-refractivity contribution is -0.917. The summed E-state index contributed by atoms with van der Waals surface area (Å²) in [6.45, 7) is 9.54. The van der Waals surface area contributed by atoms with Gasteiger partial charge in [0.25, 0.3) is 5.91 Å². The van der Waals surface area contributed by atoms with Gasteiger partial charge in [-0.25, -0.2) is 0 Å². The van der Waals surface area contributed by atoms with E-state index in [1.807, 2.05) is 24.0 Å². The first-order valence-electron chi connectivity index (χ1n) is 10.1. The highest BCUT2D eigenvalue weighted by atomic mass is 16.5. The van der Waals surface area contributed by atoms with E-state index < -0.39 is 0 Å². The van der Waals surface area contributed by atoms with Gasteiger partial charge in [0.1, 0.15) is 18.0 Å². The van der Waals surface area contributed by atoms with E-state index in [0.29, 0.717) is 0 Å². The summed E-state index contributed by atoms with van der Waals surface area (Å²) >= 11 is 0. The van der Waals surface area contributed by atoms with E-state index in [1.54, 1.807) is 0 Å². The maximum absolute atomic E-state index is 12.5. The van der Waals surface area contributed by atoms with Crippen LogP contribution in [0.2, 0.25) is 0 Å². The van der Waals surface area contributed by atoms with E-state index in [0.717, 1.165) is 62.8 Å². The summed E-state index contributed by atoms with van der Waals surface area (Å²) in [4.78, 5) is 16.0. The molecular formula is C23H29N2O3+. The molecule has 5 heteroatoms. The molecule has 28 heavy (non-hydrogen) atoms. The number of quaternary nitrogens is 1. The molecule has 0 aliphatic carbocycles. The number of carbonyl (C=O) groups excluding carboxylic acids is 1. The number of aryl methyl sites for hydroxylation is 1. The molecule has 0 bridgehead atoms. The van der Waals surface area contributed by atoms with Gasteiger partial charge in [0.15, 0.2) is 6.61 Å². The molecule has 0 atom stereocenters. The number of benzene rings is 2. The maximum Gasteiger partial charge on any atom is 0.260 e. The Kier molecular flexibility index (Phi) is 5.53. The molecule has 0 aromatic heterocycles. The van der Waals surface area contributed by atoms with Crippen molar-refractivity contribution in [2.75, 3.05) is 39.4 Å². The first-order chi connectivity index (χ1) is 13.6. The van der Waals surface area contributed by atoms with Crippen molar-refractivity contribution in [1.29, 1.82) is 0 Å². The minimum absolute atomic E-state index is 0.0784. The summed E-state index contributed by atoms with van der Waals surface area (Å²) in [5.74, 6) is 1.92. The third kappa shape index (κ3) is 4.14. The Bertz CT molecular complexity index is 857. The van der Waals surface area contributed by atoms with E-state index in [9.17, 15) is 4.79 Å². The Labute approximate surface area is 166 Å². The van der Waals surface area contributed by atoms with Crippen molar-refractivity contribution in [3.05, 3.63) is 58.7 Å². The number of hydrogen-bond acceptors (Lipinski definition) is 3. The van der Waals surface area contributed by atoms with Gasteiger partial charge in [-0.3, -0.25) is 4.79 Å². The number of rotatable bonds is 5. The van der Waals surface area contributed by atoms with Crippen molar-refractivity contribution in [2.45, 2.75) is 26.8 Å². The fraction of sp³-hybridized carbons (Fsp3) is 0.435. The standard InChI is InChI=1S/C23H28N2O3/c1-17-4-3-5-21(18(17)2)28-16-23(26)25-11-9-24(10-12-25)15-19-6-7-22-20(14-19)8-13-27-22/h3-7,14H,8-13,15-16H2,1-2H3/p+1. The van der Waals surface area contributed by atoms with Crippen LogP contribution in [0.4, 0.5) is 0 Å². The third-order valence-corrected chi connectivity index (χ3v) is 5.94. The van der Waals surface area contributed by atoms with Crippen molar-refractivity contribution < 1.29 is 19.2 Å². The molecule has 5 nitrogen and oxygen atoms in total. The first-order valence-corrected chi connectivity index (χ1v) is 10.1. The molecule has 2 aromatic rings. The topological polar surface area (TPSA) is 43.2 Å². The second-order valence-corrected chi connectivity index (χ2v) is 7.83. The van der Waals surface area contributed by atoms with Crippen molar-refractivity contribution in [2.24, 2.45) is 0 Å². The second-order valence-electron chi connectivity index (χ2n) is 7.83. The Morgan fingerprint density at radius 1 is 1.18 bits per heavy atom. The molecular weight excluding hydrogens is 352 g/mol. The van der Waals surface area contributed by atoms with Gasteiger partial charge in [-0.2, -0.15) is 0 Å². The molecule has 0 saturated carbocycles. The molecule has 0 unspecified atom stereocenters. The summed E-state index contributed by atoms with van der Waals surface area (Å²) < 4.78 is 11.4. The SMILES string of the molecule is Cc1cccc(OCC(=O)N2CC[NH+](Cc3ccc4c(c3)CCO4)CC2)c1C. The zero-order valence-corrected chi connectivity index (χ0v) is 16.8. The van der Waals surface area contributed by atoms with Crippen LogP contribution in [-0.4, -0.2) is 50.2 Å². The number of ether oxygens (including phenoxy) is 2. The van der Waals surface area contributed by atoms with Crippen molar-refractivity contribution in [3.63, 3.8) is 0 Å². The number of piperazine rings is 1. The smallest absolute Gasteiger partial charge is 0.260 e. The van der Waals surface area contributed by atoms with E-state index in [2.05, 4.69) is 31.2 Å². The molecule has 2 aliphatic rings. The summed E-state index contributed by atoms with van der Waals surface area (Å²) in [5.41, 5.74) is 4.97. The predicted molar refractivity (Wildman–Crippen MR) is 108 cm³/mol. The first kappa shape index (κ1) is 18.8. The van der Waals surface area contributed by atoms with Crippen LogP contribution >= 0.6 is 0 Å². The monoisotopic (exact) mass is 381 g/mol. The van der Waals surface area contributed by atoms with Crippen LogP contribution in [0.5, 0.6) is 11.5 Å². The van der Waals surface area contributed by atoms with Gasteiger partial charge in [0.2, 0.25) is 0 Å². The normalized spacial score (nSPS) is 16.6. The van der Waals surface area contributed by atoms with Crippen LogP contribution in [0.25, 0.3) is 0 Å². The van der Waals surface area contributed by atoms with Crippen molar-refractivity contribution in [1.82, 2.24) is 4.90 Å². The van der Waals surface area contributed by atoms with Gasteiger partial charge in [0.05, 0.1) is 32.8 Å². The van der Waals surface area contributed by atoms with Crippen LogP contribution in [0.15, 0.2) is 36.4 Å². The molecule has 2 heterocycles. The average Bonchev–Trinajstić information content (AvgIpc) is 3.17. The number of hydrogen-bond donors (Lipinski definition) is 1. The van der Waals surface area contributed by atoms with Gasteiger partial charge in [-0.05, 0) is 54.8 Å². The van der Waals surface area contributed by atoms with Crippen LogP contribution in [-0.2, 0) is 17.8 Å². The highest BCUT2D eigenvalue weighted by molar-refractivity contribution is 5.77. The Morgan fingerprint density at radius 3 is 2.82 bits per heavy atom. The number of amides is 1. The van der Waals surface area contributed by atoms with Crippen LogP contribution < -0.4 is 14.4 Å². The van der Waals surface area contributed by atoms with Gasteiger partial charge in [-0.15, -0.1) is 0 Å². The summed E-state index contributed by atoms with van der Waals surface area (Å²) in [5, 5.41) is 0. The van der Waals surface area contributed by atoms with Crippen LogP contribution in [0.3, 0.4) is 0 Å². The van der Waals surface area contributed by atoms with E-state index in [4.69, 9.17) is 9.47 Å². The molecule has 1 N–H and O–H groups in total. The molecule has 0 spiro atoms. The molecule has 1 amide bonds. The minimum atomic E-state index is 0.0784. The zero-order chi connectivity index (χ0) is 19.5. The third-order valence-electron chi connectivity index (χ3n) is 5.94. The summed E-state index contributed by atoms with van der Waals surface area (Å²) in [7, 11) is 0. The number of nitrogens with one attached hydrogen (secondary N) is 1. The lowest BCUT2D eigenvalue weighted by Gasteiger charge is -2.32. The van der Waals surface area contributed by atoms with Gasteiger partial charge in [-0.1, -0.05) is 12.1 Å². The Morgan fingerprint density at radius 2 is 2.00 bits per heavy atom. The summed E-state index contributed by atoms with van der Waals surface area (Å²) in [6.07, 6.45) is 1.02. The van der Waals surface area contributed by atoms with Gasteiger partial charge >= 0.3 is 0 Å². The maximum atomic E-state index is 12.5. The fourth-order valence-corrected chi connectivity index (χ4v) is 4.00. The number of carbonyl (C=O) groups is 1. The Balaban J connectivity index is 1.25. The lowest BCUT2D eigenvalue weighted by Crippen LogP contribution is -3.13.